The number of Topliss-reactive ketones (excluding diaryl/α,β-unsaturated/α-hetero) is 1. The van der Waals surface area contributed by atoms with Crippen LogP contribution in [0.2, 0.25) is 0 Å². The molecule has 2 amide bonds. The van der Waals surface area contributed by atoms with E-state index in [1.54, 1.807) is 23.1 Å². The van der Waals surface area contributed by atoms with Crippen LogP contribution in [0, 0.1) is 0 Å². The molecule has 1 fully saturated rings. The predicted molar refractivity (Wildman–Crippen MR) is 94.9 cm³/mol. The standard InChI is InChI=1S/C18H23N3O5/c1-12(22)13-2-3-16-15(10-13)21(17(23)11-26-16)9-8-20-6-4-14(5-7-20)19-18(24)25/h2-3,10,14,19H,4-9,11H2,1H3,(H,24,25). The smallest absolute Gasteiger partial charge is 0.404 e. The molecule has 2 aliphatic heterocycles. The molecule has 0 atom stereocenters. The Kier molecular flexibility index (Phi) is 5.41. The minimum Gasteiger partial charge on any atom is -0.482 e. The highest BCUT2D eigenvalue weighted by atomic mass is 16.5. The van der Waals surface area contributed by atoms with E-state index in [4.69, 9.17) is 9.84 Å². The average molecular weight is 361 g/mol. The SMILES string of the molecule is CC(=O)c1ccc2c(c1)N(CCN1CCC(NC(=O)O)CC1)C(=O)CO2. The maximum absolute atomic E-state index is 12.3. The van der Waals surface area contributed by atoms with Crippen LogP contribution in [0.3, 0.4) is 0 Å². The summed E-state index contributed by atoms with van der Waals surface area (Å²) in [6.45, 7) is 4.25. The number of hydrogen-bond acceptors (Lipinski definition) is 5. The molecular weight excluding hydrogens is 338 g/mol. The third-order valence-electron chi connectivity index (χ3n) is 4.86. The average Bonchev–Trinajstić information content (AvgIpc) is 2.61. The number of nitrogens with zero attached hydrogens (tertiary/aromatic N) is 2. The highest BCUT2D eigenvalue weighted by Crippen LogP contribution is 2.33. The molecule has 1 aromatic rings. The molecule has 0 bridgehead atoms. The van der Waals surface area contributed by atoms with Crippen LogP contribution in [0.5, 0.6) is 5.75 Å². The molecule has 26 heavy (non-hydrogen) atoms. The van der Waals surface area contributed by atoms with Gasteiger partial charge in [-0.25, -0.2) is 4.79 Å². The predicted octanol–water partition coefficient (Wildman–Crippen LogP) is 1.35. The number of piperidine rings is 1. The van der Waals surface area contributed by atoms with Crippen molar-refractivity contribution in [1.29, 1.82) is 0 Å². The fourth-order valence-electron chi connectivity index (χ4n) is 3.38. The summed E-state index contributed by atoms with van der Waals surface area (Å²) in [5, 5.41) is 11.3. The molecule has 2 heterocycles. The molecule has 0 unspecified atom stereocenters. The molecule has 1 aromatic carbocycles. The molecule has 8 heteroatoms. The van der Waals surface area contributed by atoms with E-state index < -0.39 is 6.09 Å². The molecule has 0 radical (unpaired) electrons. The number of carbonyl (C=O) groups excluding carboxylic acids is 2. The number of amides is 2. The largest absolute Gasteiger partial charge is 0.482 e. The van der Waals surface area contributed by atoms with Crippen molar-refractivity contribution >= 4 is 23.5 Å². The third kappa shape index (κ3) is 4.13. The Balaban J connectivity index is 1.62. The second-order valence-electron chi connectivity index (χ2n) is 6.64. The number of benzene rings is 1. The lowest BCUT2D eigenvalue weighted by Gasteiger charge is -2.35. The summed E-state index contributed by atoms with van der Waals surface area (Å²) in [7, 11) is 0. The third-order valence-corrected chi connectivity index (χ3v) is 4.86. The Morgan fingerprint density at radius 2 is 2.00 bits per heavy atom. The van der Waals surface area contributed by atoms with Crippen molar-refractivity contribution in [3.8, 4) is 5.75 Å². The van der Waals surface area contributed by atoms with E-state index in [1.165, 1.54) is 6.92 Å². The van der Waals surface area contributed by atoms with Crippen molar-refractivity contribution in [2.45, 2.75) is 25.8 Å². The van der Waals surface area contributed by atoms with Crippen molar-refractivity contribution in [2.24, 2.45) is 0 Å². The van der Waals surface area contributed by atoms with Gasteiger partial charge in [-0.3, -0.25) is 9.59 Å². The molecule has 3 rings (SSSR count). The second kappa shape index (κ2) is 7.74. The highest BCUT2D eigenvalue weighted by molar-refractivity contribution is 6.01. The number of hydrogen-bond donors (Lipinski definition) is 2. The minimum atomic E-state index is -0.986. The highest BCUT2D eigenvalue weighted by Gasteiger charge is 2.27. The van der Waals surface area contributed by atoms with E-state index in [2.05, 4.69) is 10.2 Å². The van der Waals surface area contributed by atoms with E-state index in [9.17, 15) is 14.4 Å². The molecule has 2 aliphatic rings. The zero-order valence-electron chi connectivity index (χ0n) is 14.7. The van der Waals surface area contributed by atoms with Gasteiger partial charge in [0, 0.05) is 37.8 Å². The molecule has 8 nitrogen and oxygen atoms in total. The summed E-state index contributed by atoms with van der Waals surface area (Å²) in [5.41, 5.74) is 1.18. The molecule has 2 N–H and O–H groups in total. The molecule has 1 saturated heterocycles. The lowest BCUT2D eigenvalue weighted by molar-refractivity contribution is -0.121. The lowest BCUT2D eigenvalue weighted by Crippen LogP contribution is -2.48. The van der Waals surface area contributed by atoms with Crippen LogP contribution < -0.4 is 15.0 Å². The van der Waals surface area contributed by atoms with Crippen LogP contribution in [0.4, 0.5) is 10.5 Å². The summed E-state index contributed by atoms with van der Waals surface area (Å²) in [6.07, 6.45) is 0.531. The zero-order valence-corrected chi connectivity index (χ0v) is 14.7. The van der Waals surface area contributed by atoms with Crippen LogP contribution in [0.1, 0.15) is 30.1 Å². The summed E-state index contributed by atoms with van der Waals surface area (Å²) in [4.78, 5) is 38.5. The first kappa shape index (κ1) is 18.2. The number of ether oxygens (including phenoxy) is 1. The minimum absolute atomic E-state index is 0.00295. The monoisotopic (exact) mass is 361 g/mol. The van der Waals surface area contributed by atoms with Crippen molar-refractivity contribution in [3.63, 3.8) is 0 Å². The number of carbonyl (C=O) groups is 3. The lowest BCUT2D eigenvalue weighted by atomic mass is 10.1. The summed E-state index contributed by atoms with van der Waals surface area (Å²) in [5.74, 6) is 0.429. The van der Waals surface area contributed by atoms with Crippen LogP contribution in [-0.4, -0.2) is 66.6 Å². The van der Waals surface area contributed by atoms with Crippen molar-refractivity contribution in [3.05, 3.63) is 23.8 Å². The van der Waals surface area contributed by atoms with Gasteiger partial charge in [0.25, 0.3) is 5.91 Å². The van der Waals surface area contributed by atoms with Gasteiger partial charge < -0.3 is 25.0 Å². The Bertz CT molecular complexity index is 713. The topological polar surface area (TPSA) is 99.2 Å². The van der Waals surface area contributed by atoms with Gasteiger partial charge in [0.2, 0.25) is 0 Å². The molecule has 0 spiro atoms. The molecular formula is C18H23N3O5. The van der Waals surface area contributed by atoms with E-state index in [0.717, 1.165) is 25.9 Å². The van der Waals surface area contributed by atoms with Crippen LogP contribution >= 0.6 is 0 Å². The van der Waals surface area contributed by atoms with Crippen LogP contribution in [0.15, 0.2) is 18.2 Å². The number of ketones is 1. The van der Waals surface area contributed by atoms with Gasteiger partial charge in [0.1, 0.15) is 5.75 Å². The maximum atomic E-state index is 12.3. The fraction of sp³-hybridized carbons (Fsp3) is 0.500. The zero-order chi connectivity index (χ0) is 18.7. The molecule has 0 aromatic heterocycles. The number of anilines is 1. The van der Waals surface area contributed by atoms with Gasteiger partial charge in [-0.05, 0) is 38.0 Å². The molecule has 140 valence electrons. The van der Waals surface area contributed by atoms with Gasteiger partial charge >= 0.3 is 6.09 Å². The fourth-order valence-corrected chi connectivity index (χ4v) is 3.38. The first-order valence-electron chi connectivity index (χ1n) is 8.74. The van der Waals surface area contributed by atoms with Crippen LogP contribution in [0.25, 0.3) is 0 Å². The van der Waals surface area contributed by atoms with Crippen molar-refractivity contribution in [2.75, 3.05) is 37.7 Å². The number of carboxylic acid groups (broad SMARTS) is 1. The van der Waals surface area contributed by atoms with E-state index >= 15 is 0 Å². The van der Waals surface area contributed by atoms with Gasteiger partial charge in [-0.1, -0.05) is 0 Å². The van der Waals surface area contributed by atoms with Crippen molar-refractivity contribution < 1.29 is 24.2 Å². The van der Waals surface area contributed by atoms with Gasteiger partial charge in [-0.2, -0.15) is 0 Å². The number of fused-ring (bicyclic) bond motifs is 1. The number of nitrogens with one attached hydrogen (secondary N) is 1. The Labute approximate surface area is 151 Å². The molecule has 0 saturated carbocycles. The number of likely N-dealkylation sites (tertiary alicyclic amines) is 1. The van der Waals surface area contributed by atoms with Gasteiger partial charge in [-0.15, -0.1) is 0 Å². The first-order valence-corrected chi connectivity index (χ1v) is 8.74. The normalized spacial score (nSPS) is 18.2. The van der Waals surface area contributed by atoms with Gasteiger partial charge in [0.15, 0.2) is 12.4 Å². The molecule has 0 aliphatic carbocycles. The quantitative estimate of drug-likeness (QED) is 0.768. The van der Waals surface area contributed by atoms with E-state index in [0.29, 0.717) is 30.1 Å². The summed E-state index contributed by atoms with van der Waals surface area (Å²) < 4.78 is 5.46. The Hall–Kier alpha value is -2.61. The van der Waals surface area contributed by atoms with Crippen LogP contribution in [-0.2, 0) is 4.79 Å². The van der Waals surface area contributed by atoms with E-state index in [1.807, 2.05) is 0 Å². The second-order valence-corrected chi connectivity index (χ2v) is 6.64. The maximum Gasteiger partial charge on any atom is 0.404 e. The van der Waals surface area contributed by atoms with E-state index in [-0.39, 0.29) is 24.3 Å². The van der Waals surface area contributed by atoms with Crippen molar-refractivity contribution in [1.82, 2.24) is 10.2 Å². The Morgan fingerprint density at radius 3 is 2.65 bits per heavy atom. The summed E-state index contributed by atoms with van der Waals surface area (Å²) in [6, 6.07) is 5.13. The number of rotatable bonds is 5. The Morgan fingerprint density at radius 1 is 1.27 bits per heavy atom. The summed E-state index contributed by atoms with van der Waals surface area (Å²) >= 11 is 0. The van der Waals surface area contributed by atoms with Gasteiger partial charge in [0.05, 0.1) is 5.69 Å². The first-order chi connectivity index (χ1) is 12.4.